The predicted octanol–water partition coefficient (Wildman–Crippen LogP) is 5.47. The smallest absolute Gasteiger partial charge is 0.246 e. The first kappa shape index (κ1) is 19.6. The largest absolute Gasteiger partial charge is 0.324 e. The van der Waals surface area contributed by atoms with Gasteiger partial charge in [0.05, 0.1) is 0 Å². The third-order valence-corrected chi connectivity index (χ3v) is 5.47. The zero-order valence-electron chi connectivity index (χ0n) is 17.0. The monoisotopic (exact) mass is 364 g/mol. The fourth-order valence-electron chi connectivity index (χ4n) is 4.25. The molecule has 1 amide bonds. The minimum absolute atomic E-state index is 0.0554. The number of carbonyl (C=O) groups excluding carboxylic acids is 1. The highest BCUT2D eigenvalue weighted by molar-refractivity contribution is 5.95. The van der Waals surface area contributed by atoms with Crippen LogP contribution in [0.3, 0.4) is 0 Å². The van der Waals surface area contributed by atoms with E-state index in [1.807, 2.05) is 30.3 Å². The summed E-state index contributed by atoms with van der Waals surface area (Å²) in [6, 6.07) is 18.1. The third-order valence-electron chi connectivity index (χ3n) is 5.47. The molecule has 3 heteroatoms. The molecule has 3 atom stereocenters. The highest BCUT2D eigenvalue weighted by atomic mass is 16.2. The first-order chi connectivity index (χ1) is 12.9. The lowest BCUT2D eigenvalue weighted by Gasteiger charge is -2.39. The van der Waals surface area contributed by atoms with Crippen molar-refractivity contribution in [2.24, 2.45) is 11.8 Å². The highest BCUT2D eigenvalue weighted by Gasteiger charge is 2.32. The van der Waals surface area contributed by atoms with E-state index in [1.165, 1.54) is 12.0 Å². The number of hydrogen-bond donors (Lipinski definition) is 1. The van der Waals surface area contributed by atoms with Gasteiger partial charge in [0.1, 0.15) is 6.04 Å². The van der Waals surface area contributed by atoms with Crippen LogP contribution in [-0.4, -0.2) is 23.9 Å². The number of piperidine rings is 1. The number of carbonyl (C=O) groups is 1. The van der Waals surface area contributed by atoms with E-state index in [4.69, 9.17) is 0 Å². The zero-order chi connectivity index (χ0) is 19.4. The maximum absolute atomic E-state index is 13.3. The quantitative estimate of drug-likeness (QED) is 0.763. The fraction of sp³-hybridized carbons (Fsp3) is 0.458. The van der Waals surface area contributed by atoms with Crippen molar-refractivity contribution in [3.63, 3.8) is 0 Å². The van der Waals surface area contributed by atoms with Crippen molar-refractivity contribution >= 4 is 11.6 Å². The normalized spacial score (nSPS) is 21.8. The maximum Gasteiger partial charge on any atom is 0.246 e. The Kier molecular flexibility index (Phi) is 6.33. The molecule has 0 radical (unpaired) electrons. The van der Waals surface area contributed by atoms with E-state index in [0.29, 0.717) is 17.8 Å². The molecule has 0 aromatic heterocycles. The van der Waals surface area contributed by atoms with Gasteiger partial charge in [0.2, 0.25) is 5.91 Å². The van der Waals surface area contributed by atoms with Crippen molar-refractivity contribution in [3.8, 4) is 0 Å². The molecule has 3 rings (SSSR count). The van der Waals surface area contributed by atoms with Gasteiger partial charge in [-0.05, 0) is 47.4 Å². The van der Waals surface area contributed by atoms with E-state index in [1.54, 1.807) is 0 Å². The number of anilines is 1. The lowest BCUT2D eigenvalue weighted by molar-refractivity contribution is -0.122. The van der Waals surface area contributed by atoms with E-state index in [9.17, 15) is 4.79 Å². The second kappa shape index (κ2) is 8.71. The molecule has 0 aliphatic carbocycles. The number of benzene rings is 2. The molecule has 0 bridgehead atoms. The number of amides is 1. The van der Waals surface area contributed by atoms with Crippen molar-refractivity contribution in [1.29, 1.82) is 0 Å². The Hall–Kier alpha value is -2.13. The van der Waals surface area contributed by atoms with Crippen LogP contribution in [-0.2, 0) is 4.79 Å². The van der Waals surface area contributed by atoms with E-state index >= 15 is 0 Å². The number of nitrogens with zero attached hydrogens (tertiary/aromatic N) is 1. The topological polar surface area (TPSA) is 32.3 Å². The molecule has 3 nitrogen and oxygen atoms in total. The Morgan fingerprint density at radius 2 is 1.52 bits per heavy atom. The Balaban J connectivity index is 1.82. The van der Waals surface area contributed by atoms with E-state index in [0.717, 1.165) is 24.3 Å². The van der Waals surface area contributed by atoms with Gasteiger partial charge < -0.3 is 5.32 Å². The summed E-state index contributed by atoms with van der Waals surface area (Å²) < 4.78 is 0. The summed E-state index contributed by atoms with van der Waals surface area (Å²) in [6.45, 7) is 10.9. The molecule has 1 aliphatic rings. The molecular weight excluding hydrogens is 332 g/mol. The molecule has 144 valence electrons. The molecule has 2 aromatic rings. The van der Waals surface area contributed by atoms with Gasteiger partial charge >= 0.3 is 0 Å². The van der Waals surface area contributed by atoms with Crippen LogP contribution in [0.4, 0.5) is 5.69 Å². The van der Waals surface area contributed by atoms with Gasteiger partial charge in [-0.1, -0.05) is 70.2 Å². The van der Waals surface area contributed by atoms with Crippen LogP contribution in [0, 0.1) is 11.8 Å². The fourth-order valence-corrected chi connectivity index (χ4v) is 4.25. The summed E-state index contributed by atoms with van der Waals surface area (Å²) >= 11 is 0. The number of rotatable bonds is 5. The van der Waals surface area contributed by atoms with Crippen LogP contribution in [0.1, 0.15) is 57.2 Å². The second-order valence-electron chi connectivity index (χ2n) is 8.48. The summed E-state index contributed by atoms with van der Waals surface area (Å²) in [4.78, 5) is 15.6. The Bertz CT molecular complexity index is 729. The molecule has 1 N–H and O–H groups in total. The Labute approximate surface area is 163 Å². The van der Waals surface area contributed by atoms with E-state index < -0.39 is 0 Å². The summed E-state index contributed by atoms with van der Waals surface area (Å²) in [5, 5.41) is 3.15. The van der Waals surface area contributed by atoms with Crippen LogP contribution in [0.15, 0.2) is 54.6 Å². The Morgan fingerprint density at radius 3 is 2.07 bits per heavy atom. The van der Waals surface area contributed by atoms with Crippen molar-refractivity contribution in [2.45, 2.75) is 46.1 Å². The van der Waals surface area contributed by atoms with E-state index in [2.05, 4.69) is 62.2 Å². The van der Waals surface area contributed by atoms with Crippen molar-refractivity contribution in [3.05, 3.63) is 65.7 Å². The summed E-state index contributed by atoms with van der Waals surface area (Å²) in [5.41, 5.74) is 3.21. The molecule has 1 saturated heterocycles. The van der Waals surface area contributed by atoms with Crippen molar-refractivity contribution in [2.75, 3.05) is 18.4 Å². The third kappa shape index (κ3) is 4.98. The molecule has 1 heterocycles. The van der Waals surface area contributed by atoms with Gasteiger partial charge in [-0.15, -0.1) is 0 Å². The predicted molar refractivity (Wildman–Crippen MR) is 113 cm³/mol. The number of likely N-dealkylation sites (tertiary alicyclic amines) is 1. The van der Waals surface area contributed by atoms with Crippen LogP contribution in [0.5, 0.6) is 0 Å². The van der Waals surface area contributed by atoms with Gasteiger partial charge in [0.25, 0.3) is 0 Å². The van der Waals surface area contributed by atoms with Gasteiger partial charge in [-0.3, -0.25) is 9.69 Å². The lowest BCUT2D eigenvalue weighted by Crippen LogP contribution is -2.45. The molecule has 1 fully saturated rings. The summed E-state index contributed by atoms with van der Waals surface area (Å²) in [6.07, 6.45) is 1.23. The van der Waals surface area contributed by atoms with Gasteiger partial charge in [-0.25, -0.2) is 0 Å². The maximum atomic E-state index is 13.3. The van der Waals surface area contributed by atoms with Gasteiger partial charge in [-0.2, -0.15) is 0 Å². The molecule has 1 aliphatic heterocycles. The molecule has 0 saturated carbocycles. The average Bonchev–Trinajstić information content (AvgIpc) is 2.62. The summed E-state index contributed by atoms with van der Waals surface area (Å²) in [7, 11) is 0. The SMILES string of the molecule is CC(C)c1ccc(NC(=O)[C@@H](c2ccccc2)N2C[C@H](C)C[C@H](C)C2)cc1. The van der Waals surface area contributed by atoms with E-state index in [-0.39, 0.29) is 11.9 Å². The standard InChI is InChI=1S/C24H32N2O/c1-17(2)20-10-12-22(13-11-20)25-24(27)23(21-8-6-5-7-9-21)26-15-18(3)14-19(4)16-26/h5-13,17-19,23H,14-16H2,1-4H3,(H,25,27)/t18-,19+,23-/m1/s1. The minimum atomic E-state index is -0.249. The first-order valence-corrected chi connectivity index (χ1v) is 10.1. The van der Waals surface area contributed by atoms with Crippen LogP contribution < -0.4 is 5.32 Å². The molecule has 27 heavy (non-hydrogen) atoms. The molecule has 0 spiro atoms. The first-order valence-electron chi connectivity index (χ1n) is 10.1. The zero-order valence-corrected chi connectivity index (χ0v) is 17.0. The lowest BCUT2D eigenvalue weighted by atomic mass is 9.89. The van der Waals surface area contributed by atoms with Crippen LogP contribution >= 0.6 is 0 Å². The van der Waals surface area contributed by atoms with Crippen LogP contribution in [0.2, 0.25) is 0 Å². The minimum Gasteiger partial charge on any atom is -0.324 e. The molecular formula is C24H32N2O. The van der Waals surface area contributed by atoms with Gasteiger partial charge in [0.15, 0.2) is 0 Å². The van der Waals surface area contributed by atoms with Crippen molar-refractivity contribution < 1.29 is 4.79 Å². The van der Waals surface area contributed by atoms with Crippen molar-refractivity contribution in [1.82, 2.24) is 4.90 Å². The second-order valence-corrected chi connectivity index (χ2v) is 8.48. The highest BCUT2D eigenvalue weighted by Crippen LogP contribution is 2.30. The molecule has 2 aromatic carbocycles. The Morgan fingerprint density at radius 1 is 0.926 bits per heavy atom. The van der Waals surface area contributed by atoms with Gasteiger partial charge in [0, 0.05) is 18.8 Å². The number of hydrogen-bond acceptors (Lipinski definition) is 2. The summed E-state index contributed by atoms with van der Waals surface area (Å²) in [5.74, 6) is 1.76. The molecule has 0 unspecified atom stereocenters. The van der Waals surface area contributed by atoms with Crippen LogP contribution in [0.25, 0.3) is 0 Å². The number of nitrogens with one attached hydrogen (secondary N) is 1. The average molecular weight is 365 g/mol.